The van der Waals surface area contributed by atoms with Gasteiger partial charge >= 0.3 is 0 Å². The van der Waals surface area contributed by atoms with Crippen molar-refractivity contribution < 1.29 is 9.72 Å². The number of hydrogen-bond acceptors (Lipinski definition) is 4. The topological polar surface area (TPSA) is 98.3 Å². The molecule has 1 fully saturated rings. The Hall–Kier alpha value is -1.95. The van der Waals surface area contributed by atoms with Gasteiger partial charge in [-0.1, -0.05) is 12.5 Å². The Morgan fingerprint density at radius 2 is 2.21 bits per heavy atom. The van der Waals surface area contributed by atoms with Gasteiger partial charge in [-0.3, -0.25) is 14.9 Å². The Labute approximate surface area is 111 Å². The first-order valence-electron chi connectivity index (χ1n) is 6.26. The molecule has 6 heteroatoms. The van der Waals surface area contributed by atoms with Gasteiger partial charge in [-0.25, -0.2) is 0 Å². The van der Waals surface area contributed by atoms with E-state index in [1.807, 2.05) is 0 Å². The van der Waals surface area contributed by atoms with Crippen LogP contribution in [-0.2, 0) is 4.79 Å². The lowest BCUT2D eigenvalue weighted by atomic mass is 9.68. The van der Waals surface area contributed by atoms with Crippen LogP contribution < -0.4 is 11.1 Å². The van der Waals surface area contributed by atoms with E-state index < -0.39 is 10.3 Å². The molecule has 0 aliphatic heterocycles. The lowest BCUT2D eigenvalue weighted by molar-refractivity contribution is -0.385. The molecule has 1 aromatic rings. The number of nitrogens with one attached hydrogen (secondary N) is 1. The van der Waals surface area contributed by atoms with Crippen molar-refractivity contribution in [3.05, 3.63) is 33.9 Å². The zero-order valence-corrected chi connectivity index (χ0v) is 10.8. The van der Waals surface area contributed by atoms with E-state index in [-0.39, 0.29) is 11.6 Å². The van der Waals surface area contributed by atoms with Crippen LogP contribution in [0.5, 0.6) is 0 Å². The molecule has 19 heavy (non-hydrogen) atoms. The van der Waals surface area contributed by atoms with Gasteiger partial charge in [0, 0.05) is 12.6 Å². The number of benzene rings is 1. The van der Waals surface area contributed by atoms with E-state index in [0.717, 1.165) is 19.3 Å². The average Bonchev–Trinajstić information content (AvgIpc) is 2.30. The molecular formula is C13H17N3O3. The van der Waals surface area contributed by atoms with Crippen molar-refractivity contribution in [3.63, 3.8) is 0 Å². The fourth-order valence-corrected chi connectivity index (χ4v) is 2.34. The smallest absolute Gasteiger partial charge is 0.274 e. The second-order valence-corrected chi connectivity index (χ2v) is 5.00. The summed E-state index contributed by atoms with van der Waals surface area (Å²) in [7, 11) is 0. The van der Waals surface area contributed by atoms with E-state index in [0.29, 0.717) is 17.8 Å². The first kappa shape index (κ1) is 13.5. The number of nitro benzene ring substituents is 1. The minimum atomic E-state index is -0.489. The Balaban J connectivity index is 2.22. The normalized spacial score (nSPS) is 16.5. The lowest BCUT2D eigenvalue weighted by Gasteiger charge is -2.39. The second-order valence-electron chi connectivity index (χ2n) is 5.00. The van der Waals surface area contributed by atoms with Gasteiger partial charge < -0.3 is 11.1 Å². The van der Waals surface area contributed by atoms with Crippen molar-refractivity contribution in [1.82, 2.24) is 0 Å². The van der Waals surface area contributed by atoms with E-state index in [1.165, 1.54) is 6.07 Å². The maximum absolute atomic E-state index is 12.2. The number of carbonyl (C=O) groups is 1. The molecule has 1 aliphatic carbocycles. The molecule has 0 heterocycles. The van der Waals surface area contributed by atoms with E-state index in [9.17, 15) is 14.9 Å². The maximum atomic E-state index is 12.2. The number of nitro groups is 1. The molecule has 1 amide bonds. The summed E-state index contributed by atoms with van der Waals surface area (Å²) < 4.78 is 0. The molecule has 2 rings (SSSR count). The molecule has 0 spiro atoms. The van der Waals surface area contributed by atoms with E-state index >= 15 is 0 Å². The number of hydrogen-bond donors (Lipinski definition) is 2. The first-order valence-corrected chi connectivity index (χ1v) is 6.26. The van der Waals surface area contributed by atoms with Gasteiger partial charge in [0.25, 0.3) is 5.69 Å². The highest BCUT2D eigenvalue weighted by Gasteiger charge is 2.43. The van der Waals surface area contributed by atoms with Crippen LogP contribution in [0.3, 0.4) is 0 Å². The van der Waals surface area contributed by atoms with Gasteiger partial charge in [-0.15, -0.1) is 0 Å². The van der Waals surface area contributed by atoms with Crippen LogP contribution in [0.15, 0.2) is 18.2 Å². The SMILES string of the molecule is Cc1c(NC(=O)C2(CN)CCC2)cccc1[N+](=O)[O-]. The first-order chi connectivity index (χ1) is 9.00. The molecule has 102 valence electrons. The fraction of sp³-hybridized carbons (Fsp3) is 0.462. The molecule has 3 N–H and O–H groups in total. The number of nitrogens with zero attached hydrogens (tertiary/aromatic N) is 1. The number of nitrogens with two attached hydrogens (primary N) is 1. The molecule has 0 radical (unpaired) electrons. The van der Waals surface area contributed by atoms with Crippen LogP contribution in [-0.4, -0.2) is 17.4 Å². The molecule has 0 aromatic heterocycles. The summed E-state index contributed by atoms with van der Waals surface area (Å²) in [6.07, 6.45) is 2.56. The quantitative estimate of drug-likeness (QED) is 0.640. The van der Waals surface area contributed by atoms with E-state index in [2.05, 4.69) is 5.32 Å². The van der Waals surface area contributed by atoms with Gasteiger partial charge in [0.2, 0.25) is 5.91 Å². The predicted molar refractivity (Wildman–Crippen MR) is 71.8 cm³/mol. The molecular weight excluding hydrogens is 246 g/mol. The number of anilines is 1. The van der Waals surface area contributed by atoms with Crippen LogP contribution in [0.25, 0.3) is 0 Å². The molecule has 1 saturated carbocycles. The van der Waals surface area contributed by atoms with Gasteiger partial charge in [-0.2, -0.15) is 0 Å². The fourth-order valence-electron chi connectivity index (χ4n) is 2.34. The highest BCUT2D eigenvalue weighted by molar-refractivity contribution is 5.97. The van der Waals surface area contributed by atoms with Gasteiger partial charge in [0.15, 0.2) is 0 Å². The summed E-state index contributed by atoms with van der Waals surface area (Å²) in [5.74, 6) is -0.134. The van der Waals surface area contributed by atoms with Crippen LogP contribution in [0, 0.1) is 22.5 Å². The largest absolute Gasteiger partial charge is 0.329 e. The third-order valence-electron chi connectivity index (χ3n) is 3.93. The second kappa shape index (κ2) is 4.97. The van der Waals surface area contributed by atoms with Crippen molar-refractivity contribution in [3.8, 4) is 0 Å². The standard InChI is InChI=1S/C13H17N3O3/c1-9-10(4-2-5-11(9)16(18)19)15-12(17)13(8-14)6-3-7-13/h2,4-5H,3,6-8,14H2,1H3,(H,15,17). The van der Waals surface area contributed by atoms with Crippen LogP contribution in [0.4, 0.5) is 11.4 Å². The zero-order valence-electron chi connectivity index (χ0n) is 10.8. The molecule has 0 unspecified atom stereocenters. The summed E-state index contributed by atoms with van der Waals surface area (Å²) in [5, 5.41) is 13.6. The summed E-state index contributed by atoms with van der Waals surface area (Å²) >= 11 is 0. The number of carbonyl (C=O) groups excluding carboxylic acids is 1. The number of rotatable bonds is 4. The highest BCUT2D eigenvalue weighted by Crippen LogP contribution is 2.41. The van der Waals surface area contributed by atoms with Crippen LogP contribution in [0.2, 0.25) is 0 Å². The average molecular weight is 263 g/mol. The summed E-state index contributed by atoms with van der Waals surface area (Å²) in [6.45, 7) is 1.94. The molecule has 0 atom stereocenters. The molecule has 1 aliphatic rings. The predicted octanol–water partition coefficient (Wildman–Crippen LogP) is 1.97. The third-order valence-corrected chi connectivity index (χ3v) is 3.93. The van der Waals surface area contributed by atoms with Crippen molar-refractivity contribution >= 4 is 17.3 Å². The van der Waals surface area contributed by atoms with Gasteiger partial charge in [0.1, 0.15) is 0 Å². The van der Waals surface area contributed by atoms with Crippen LogP contribution in [0.1, 0.15) is 24.8 Å². The Morgan fingerprint density at radius 1 is 1.53 bits per heavy atom. The summed E-state index contributed by atoms with van der Waals surface area (Å²) in [4.78, 5) is 22.6. The Morgan fingerprint density at radius 3 is 2.68 bits per heavy atom. The third kappa shape index (κ3) is 2.31. The van der Waals surface area contributed by atoms with Crippen molar-refractivity contribution in [2.75, 3.05) is 11.9 Å². The highest BCUT2D eigenvalue weighted by atomic mass is 16.6. The Bertz CT molecular complexity index is 518. The van der Waals surface area contributed by atoms with Crippen molar-refractivity contribution in [2.45, 2.75) is 26.2 Å². The summed E-state index contributed by atoms with van der Waals surface area (Å²) in [5.41, 5.74) is 6.14. The molecule has 0 saturated heterocycles. The molecule has 0 bridgehead atoms. The summed E-state index contributed by atoms with van der Waals surface area (Å²) in [6, 6.07) is 4.66. The number of amides is 1. The maximum Gasteiger partial charge on any atom is 0.274 e. The minimum Gasteiger partial charge on any atom is -0.329 e. The van der Waals surface area contributed by atoms with E-state index in [4.69, 9.17) is 5.73 Å². The molecule has 6 nitrogen and oxygen atoms in total. The lowest BCUT2D eigenvalue weighted by Crippen LogP contribution is -2.47. The van der Waals surface area contributed by atoms with E-state index in [1.54, 1.807) is 19.1 Å². The van der Waals surface area contributed by atoms with Gasteiger partial charge in [0.05, 0.1) is 21.6 Å². The van der Waals surface area contributed by atoms with Crippen molar-refractivity contribution in [1.29, 1.82) is 0 Å². The van der Waals surface area contributed by atoms with Gasteiger partial charge in [-0.05, 0) is 25.8 Å². The van der Waals surface area contributed by atoms with Crippen LogP contribution >= 0.6 is 0 Å². The minimum absolute atomic E-state index is 0.00760. The zero-order chi connectivity index (χ0) is 14.0. The molecule has 1 aromatic carbocycles. The van der Waals surface area contributed by atoms with Crippen molar-refractivity contribution in [2.24, 2.45) is 11.1 Å². The Kier molecular flexibility index (Phi) is 3.53. The monoisotopic (exact) mass is 263 g/mol.